The van der Waals surface area contributed by atoms with E-state index < -0.39 is 0 Å². The molecule has 0 aromatic heterocycles. The standard InChI is InChI=1S/C16H31N3O2/c1-15(20)18(13-8-10-17(2)3)14-9-16(21)19-11-6-4-5-7-12-19/h4-14H2,1-3H3. The molecule has 1 aliphatic heterocycles. The topological polar surface area (TPSA) is 43.9 Å². The zero-order valence-corrected chi connectivity index (χ0v) is 13.9. The summed E-state index contributed by atoms with van der Waals surface area (Å²) in [4.78, 5) is 29.8. The van der Waals surface area contributed by atoms with Gasteiger partial charge in [0, 0.05) is 39.5 Å². The fraction of sp³-hybridized carbons (Fsp3) is 0.875. The minimum Gasteiger partial charge on any atom is -0.343 e. The van der Waals surface area contributed by atoms with Crippen molar-refractivity contribution in [3.63, 3.8) is 0 Å². The number of hydrogen-bond acceptors (Lipinski definition) is 3. The molecule has 0 spiro atoms. The summed E-state index contributed by atoms with van der Waals surface area (Å²) in [6.45, 7) is 5.62. The van der Waals surface area contributed by atoms with Crippen LogP contribution in [0.15, 0.2) is 0 Å². The molecule has 1 heterocycles. The molecule has 1 aliphatic rings. The maximum Gasteiger partial charge on any atom is 0.224 e. The lowest BCUT2D eigenvalue weighted by Crippen LogP contribution is -2.37. The molecule has 2 amide bonds. The van der Waals surface area contributed by atoms with Crippen molar-refractivity contribution in [2.75, 3.05) is 46.8 Å². The smallest absolute Gasteiger partial charge is 0.224 e. The van der Waals surface area contributed by atoms with Gasteiger partial charge in [0.2, 0.25) is 11.8 Å². The Hall–Kier alpha value is -1.10. The van der Waals surface area contributed by atoms with Gasteiger partial charge in [0.15, 0.2) is 0 Å². The lowest BCUT2D eigenvalue weighted by Gasteiger charge is -2.25. The van der Waals surface area contributed by atoms with Crippen LogP contribution in [0.5, 0.6) is 0 Å². The predicted octanol–water partition coefficient (Wildman–Crippen LogP) is 1.58. The molecule has 0 unspecified atom stereocenters. The molecule has 1 saturated heterocycles. The van der Waals surface area contributed by atoms with Gasteiger partial charge in [0.25, 0.3) is 0 Å². The van der Waals surface area contributed by atoms with Crippen molar-refractivity contribution in [1.82, 2.24) is 14.7 Å². The predicted molar refractivity (Wildman–Crippen MR) is 85.1 cm³/mol. The van der Waals surface area contributed by atoms with E-state index in [9.17, 15) is 9.59 Å². The van der Waals surface area contributed by atoms with Crippen molar-refractivity contribution >= 4 is 11.8 Å². The SMILES string of the molecule is CC(=O)N(CCCN(C)C)CCC(=O)N1CCCCCC1. The first-order valence-electron chi connectivity index (χ1n) is 8.18. The Morgan fingerprint density at radius 3 is 2.10 bits per heavy atom. The second-order valence-electron chi connectivity index (χ2n) is 6.21. The van der Waals surface area contributed by atoms with Crippen molar-refractivity contribution in [2.24, 2.45) is 0 Å². The highest BCUT2D eigenvalue weighted by Crippen LogP contribution is 2.11. The van der Waals surface area contributed by atoms with Crippen molar-refractivity contribution < 1.29 is 9.59 Å². The summed E-state index contributed by atoms with van der Waals surface area (Å²) in [6, 6.07) is 0. The number of nitrogens with zero attached hydrogens (tertiary/aromatic N) is 3. The first kappa shape index (κ1) is 18.0. The normalized spacial score (nSPS) is 15.9. The second-order valence-corrected chi connectivity index (χ2v) is 6.21. The maximum atomic E-state index is 12.2. The van der Waals surface area contributed by atoms with E-state index in [1.807, 2.05) is 19.0 Å². The van der Waals surface area contributed by atoms with Gasteiger partial charge in [-0.25, -0.2) is 0 Å². The summed E-state index contributed by atoms with van der Waals surface area (Å²) in [6.07, 6.45) is 6.10. The molecule has 21 heavy (non-hydrogen) atoms. The van der Waals surface area contributed by atoms with E-state index in [-0.39, 0.29) is 11.8 Å². The van der Waals surface area contributed by atoms with Crippen LogP contribution in [0.25, 0.3) is 0 Å². The molecule has 1 rings (SSSR count). The Bertz CT molecular complexity index is 323. The average molecular weight is 297 g/mol. The van der Waals surface area contributed by atoms with Gasteiger partial charge in [-0.05, 0) is 39.9 Å². The van der Waals surface area contributed by atoms with Crippen LogP contribution in [0.2, 0.25) is 0 Å². The Morgan fingerprint density at radius 1 is 0.952 bits per heavy atom. The first-order chi connectivity index (χ1) is 10.0. The Balaban J connectivity index is 2.33. The molecule has 0 atom stereocenters. The number of likely N-dealkylation sites (tertiary alicyclic amines) is 1. The van der Waals surface area contributed by atoms with Gasteiger partial charge in [-0.2, -0.15) is 0 Å². The van der Waals surface area contributed by atoms with Gasteiger partial charge in [0.05, 0.1) is 0 Å². The lowest BCUT2D eigenvalue weighted by atomic mass is 10.2. The molecule has 0 bridgehead atoms. The average Bonchev–Trinajstić information content (AvgIpc) is 2.70. The first-order valence-corrected chi connectivity index (χ1v) is 8.18. The van der Waals surface area contributed by atoms with Gasteiger partial charge < -0.3 is 14.7 Å². The third-order valence-electron chi connectivity index (χ3n) is 4.03. The summed E-state index contributed by atoms with van der Waals surface area (Å²) < 4.78 is 0. The van der Waals surface area contributed by atoms with Crippen LogP contribution in [0, 0.1) is 0 Å². The zero-order chi connectivity index (χ0) is 15.7. The Kier molecular flexibility index (Phi) is 8.35. The largest absolute Gasteiger partial charge is 0.343 e. The number of hydrogen-bond donors (Lipinski definition) is 0. The minimum absolute atomic E-state index is 0.0671. The molecule has 1 fully saturated rings. The highest BCUT2D eigenvalue weighted by molar-refractivity contribution is 5.78. The quantitative estimate of drug-likeness (QED) is 0.716. The summed E-state index contributed by atoms with van der Waals surface area (Å²) in [5.41, 5.74) is 0. The van der Waals surface area contributed by atoms with E-state index in [2.05, 4.69) is 4.90 Å². The monoisotopic (exact) mass is 297 g/mol. The zero-order valence-electron chi connectivity index (χ0n) is 13.9. The number of carbonyl (C=O) groups excluding carboxylic acids is 2. The van der Waals surface area contributed by atoms with E-state index in [1.165, 1.54) is 12.8 Å². The van der Waals surface area contributed by atoms with Gasteiger partial charge in [0.1, 0.15) is 0 Å². The van der Waals surface area contributed by atoms with Crippen LogP contribution in [-0.2, 0) is 9.59 Å². The van der Waals surface area contributed by atoms with E-state index in [0.717, 1.165) is 45.4 Å². The molecule has 0 radical (unpaired) electrons. The molecule has 0 aromatic carbocycles. The van der Waals surface area contributed by atoms with Crippen molar-refractivity contribution in [2.45, 2.75) is 45.4 Å². The van der Waals surface area contributed by atoms with Crippen LogP contribution in [-0.4, -0.2) is 73.3 Å². The molecular formula is C16H31N3O2. The van der Waals surface area contributed by atoms with Crippen molar-refractivity contribution in [3.05, 3.63) is 0 Å². The van der Waals surface area contributed by atoms with E-state index >= 15 is 0 Å². The molecule has 5 nitrogen and oxygen atoms in total. The van der Waals surface area contributed by atoms with Crippen LogP contribution >= 0.6 is 0 Å². The van der Waals surface area contributed by atoms with Gasteiger partial charge in [-0.3, -0.25) is 9.59 Å². The van der Waals surface area contributed by atoms with E-state index in [1.54, 1.807) is 11.8 Å². The summed E-state index contributed by atoms with van der Waals surface area (Å²) in [5, 5.41) is 0. The highest BCUT2D eigenvalue weighted by atomic mass is 16.2. The van der Waals surface area contributed by atoms with Crippen LogP contribution < -0.4 is 0 Å². The van der Waals surface area contributed by atoms with Crippen LogP contribution in [0.1, 0.15) is 45.4 Å². The van der Waals surface area contributed by atoms with Gasteiger partial charge >= 0.3 is 0 Å². The Morgan fingerprint density at radius 2 is 1.57 bits per heavy atom. The van der Waals surface area contributed by atoms with E-state index in [0.29, 0.717) is 13.0 Å². The molecular weight excluding hydrogens is 266 g/mol. The van der Waals surface area contributed by atoms with Crippen LogP contribution in [0.3, 0.4) is 0 Å². The van der Waals surface area contributed by atoms with Gasteiger partial charge in [-0.1, -0.05) is 12.8 Å². The van der Waals surface area contributed by atoms with Crippen molar-refractivity contribution in [3.8, 4) is 0 Å². The molecule has 0 N–H and O–H groups in total. The number of amides is 2. The molecule has 0 saturated carbocycles. The fourth-order valence-corrected chi connectivity index (χ4v) is 2.71. The second kappa shape index (κ2) is 9.77. The fourth-order valence-electron chi connectivity index (χ4n) is 2.71. The number of carbonyl (C=O) groups is 2. The Labute approximate surface area is 129 Å². The summed E-state index contributed by atoms with van der Waals surface area (Å²) in [5.74, 6) is 0.271. The summed E-state index contributed by atoms with van der Waals surface area (Å²) >= 11 is 0. The lowest BCUT2D eigenvalue weighted by molar-refractivity contribution is -0.133. The minimum atomic E-state index is 0.0671. The summed E-state index contributed by atoms with van der Waals surface area (Å²) in [7, 11) is 4.06. The highest BCUT2D eigenvalue weighted by Gasteiger charge is 2.17. The third-order valence-corrected chi connectivity index (χ3v) is 4.03. The van der Waals surface area contributed by atoms with E-state index in [4.69, 9.17) is 0 Å². The molecule has 0 aromatic rings. The van der Waals surface area contributed by atoms with Crippen molar-refractivity contribution in [1.29, 1.82) is 0 Å². The third kappa shape index (κ3) is 7.46. The van der Waals surface area contributed by atoms with Crippen LogP contribution in [0.4, 0.5) is 0 Å². The molecule has 122 valence electrons. The number of rotatable bonds is 7. The maximum absolute atomic E-state index is 12.2. The van der Waals surface area contributed by atoms with Gasteiger partial charge in [-0.15, -0.1) is 0 Å². The molecule has 0 aliphatic carbocycles. The molecule has 5 heteroatoms.